The maximum absolute atomic E-state index is 9.78. The Morgan fingerprint density at radius 3 is 2.83 bits per heavy atom. The molecule has 0 spiro atoms. The third-order valence-electron chi connectivity index (χ3n) is 3.82. The topological polar surface area (TPSA) is 29.5 Å². The fourth-order valence-electron chi connectivity index (χ4n) is 2.65. The summed E-state index contributed by atoms with van der Waals surface area (Å²) in [6.45, 7) is 4.60. The monoisotopic (exact) mass is 246 g/mol. The van der Waals surface area contributed by atoms with Crippen LogP contribution >= 0.6 is 0 Å². The predicted molar refractivity (Wildman–Crippen MR) is 73.5 cm³/mol. The van der Waals surface area contributed by atoms with Crippen molar-refractivity contribution in [3.63, 3.8) is 0 Å². The van der Waals surface area contributed by atoms with Gasteiger partial charge in [-0.1, -0.05) is 36.4 Å². The Hall–Kier alpha value is -1.12. The molecule has 1 aliphatic heterocycles. The molecular weight excluding hydrogens is 224 g/mol. The Morgan fingerprint density at radius 2 is 2.17 bits per heavy atom. The quantitative estimate of drug-likeness (QED) is 0.828. The maximum Gasteiger partial charge on any atom is 0.0753 e. The van der Waals surface area contributed by atoms with Gasteiger partial charge in [-0.25, -0.2) is 0 Å². The van der Waals surface area contributed by atoms with E-state index in [-0.39, 0.29) is 18.1 Å². The van der Waals surface area contributed by atoms with Gasteiger partial charge in [-0.15, -0.1) is 6.58 Å². The van der Waals surface area contributed by atoms with Crippen LogP contribution in [0.3, 0.4) is 0 Å². The fourth-order valence-corrected chi connectivity index (χ4v) is 2.65. The smallest absolute Gasteiger partial charge is 0.0753 e. The minimum Gasteiger partial charge on any atom is -0.396 e. The fraction of sp³-hybridized carbons (Fsp3) is 0.500. The molecule has 18 heavy (non-hydrogen) atoms. The molecule has 98 valence electrons. The first-order valence-corrected chi connectivity index (χ1v) is 6.67. The van der Waals surface area contributed by atoms with E-state index in [2.05, 4.69) is 18.7 Å². The maximum atomic E-state index is 9.78. The largest absolute Gasteiger partial charge is 0.396 e. The van der Waals surface area contributed by atoms with Crippen LogP contribution in [-0.4, -0.2) is 24.4 Å². The molecule has 0 amide bonds. The van der Waals surface area contributed by atoms with Gasteiger partial charge in [0.2, 0.25) is 0 Å². The van der Waals surface area contributed by atoms with Crippen molar-refractivity contribution in [1.82, 2.24) is 0 Å². The normalized spacial score (nSPS) is 28.6. The van der Waals surface area contributed by atoms with Crippen molar-refractivity contribution in [2.75, 3.05) is 13.2 Å². The van der Waals surface area contributed by atoms with E-state index in [0.29, 0.717) is 6.61 Å². The van der Waals surface area contributed by atoms with Crippen molar-refractivity contribution in [2.45, 2.75) is 31.8 Å². The molecule has 2 heteroatoms. The average Bonchev–Trinajstić information content (AvgIpc) is 2.63. The van der Waals surface area contributed by atoms with Crippen LogP contribution in [0.2, 0.25) is 0 Å². The van der Waals surface area contributed by atoms with Gasteiger partial charge in [0, 0.05) is 5.41 Å². The van der Waals surface area contributed by atoms with Crippen LogP contribution < -0.4 is 0 Å². The van der Waals surface area contributed by atoms with Crippen molar-refractivity contribution in [3.8, 4) is 0 Å². The summed E-state index contributed by atoms with van der Waals surface area (Å²) < 4.78 is 5.85. The van der Waals surface area contributed by atoms with E-state index in [9.17, 15) is 5.11 Å². The highest BCUT2D eigenvalue weighted by molar-refractivity contribution is 5.17. The number of aliphatic hydroxyl groups is 1. The zero-order chi connectivity index (χ0) is 12.8. The molecule has 1 aliphatic rings. The lowest BCUT2D eigenvalue weighted by atomic mass is 9.79. The Balaban J connectivity index is 2.08. The number of ether oxygens (including phenoxy) is 1. The standard InChI is InChI=1S/C16H22O2/c1-2-15-9-6-10-16(12-17,13-18-15)11-14-7-4-3-5-8-14/h2-5,7-8,15,17H,1,6,9-13H2/t15-,16-/m1/s1. The molecule has 0 bridgehead atoms. The van der Waals surface area contributed by atoms with E-state index < -0.39 is 0 Å². The van der Waals surface area contributed by atoms with Gasteiger partial charge < -0.3 is 9.84 Å². The van der Waals surface area contributed by atoms with Crippen LogP contribution in [0, 0.1) is 5.41 Å². The molecule has 1 aromatic carbocycles. The molecule has 2 rings (SSSR count). The lowest BCUT2D eigenvalue weighted by molar-refractivity contribution is -0.00227. The molecule has 1 fully saturated rings. The molecule has 1 aromatic rings. The summed E-state index contributed by atoms with van der Waals surface area (Å²) in [5.41, 5.74) is 1.14. The van der Waals surface area contributed by atoms with Gasteiger partial charge in [-0.2, -0.15) is 0 Å². The van der Waals surface area contributed by atoms with Gasteiger partial charge in [0.05, 0.1) is 19.3 Å². The van der Waals surface area contributed by atoms with Gasteiger partial charge >= 0.3 is 0 Å². The van der Waals surface area contributed by atoms with Crippen molar-refractivity contribution in [2.24, 2.45) is 5.41 Å². The highest BCUT2D eigenvalue weighted by Gasteiger charge is 2.33. The van der Waals surface area contributed by atoms with Crippen LogP contribution in [0.1, 0.15) is 24.8 Å². The molecule has 0 aliphatic carbocycles. The number of aliphatic hydroxyl groups excluding tert-OH is 1. The highest BCUT2D eigenvalue weighted by Crippen LogP contribution is 2.33. The van der Waals surface area contributed by atoms with Crippen molar-refractivity contribution in [3.05, 3.63) is 48.6 Å². The van der Waals surface area contributed by atoms with Crippen LogP contribution in [0.4, 0.5) is 0 Å². The second kappa shape index (κ2) is 6.17. The summed E-state index contributed by atoms with van der Waals surface area (Å²) in [7, 11) is 0. The van der Waals surface area contributed by atoms with E-state index in [0.717, 1.165) is 25.7 Å². The predicted octanol–water partition coefficient (Wildman–Crippen LogP) is 2.96. The summed E-state index contributed by atoms with van der Waals surface area (Å²) in [4.78, 5) is 0. The van der Waals surface area contributed by atoms with E-state index in [4.69, 9.17) is 4.74 Å². The molecule has 0 saturated carbocycles. The summed E-state index contributed by atoms with van der Waals surface area (Å²) in [5, 5.41) is 9.78. The van der Waals surface area contributed by atoms with Gasteiger partial charge in [-0.05, 0) is 31.2 Å². The molecule has 2 nitrogen and oxygen atoms in total. The first-order chi connectivity index (χ1) is 8.78. The Kier molecular flexibility index (Phi) is 4.56. The molecule has 1 heterocycles. The number of benzene rings is 1. The van der Waals surface area contributed by atoms with Gasteiger partial charge in [0.25, 0.3) is 0 Å². The van der Waals surface area contributed by atoms with E-state index >= 15 is 0 Å². The molecule has 0 radical (unpaired) electrons. The van der Waals surface area contributed by atoms with E-state index in [1.54, 1.807) is 0 Å². The minimum absolute atomic E-state index is 0.126. The first-order valence-electron chi connectivity index (χ1n) is 6.67. The second-order valence-electron chi connectivity index (χ2n) is 5.30. The number of rotatable bonds is 4. The molecule has 0 aromatic heterocycles. The molecular formula is C16H22O2. The summed E-state index contributed by atoms with van der Waals surface area (Å²) in [6.07, 6.45) is 6.02. The third-order valence-corrected chi connectivity index (χ3v) is 3.82. The Bertz CT molecular complexity index is 374. The Labute approximate surface area is 109 Å². The van der Waals surface area contributed by atoms with Crippen LogP contribution in [0.5, 0.6) is 0 Å². The zero-order valence-electron chi connectivity index (χ0n) is 10.8. The molecule has 2 atom stereocenters. The zero-order valence-corrected chi connectivity index (χ0v) is 10.8. The number of hydrogen-bond donors (Lipinski definition) is 1. The van der Waals surface area contributed by atoms with Crippen LogP contribution in [-0.2, 0) is 11.2 Å². The lowest BCUT2D eigenvalue weighted by Crippen LogP contribution is -2.33. The van der Waals surface area contributed by atoms with Crippen LogP contribution in [0.15, 0.2) is 43.0 Å². The molecule has 1 N–H and O–H groups in total. The summed E-state index contributed by atoms with van der Waals surface area (Å²) in [6, 6.07) is 10.3. The Morgan fingerprint density at radius 1 is 1.39 bits per heavy atom. The lowest BCUT2D eigenvalue weighted by Gasteiger charge is -2.30. The number of hydrogen-bond acceptors (Lipinski definition) is 2. The van der Waals surface area contributed by atoms with Gasteiger partial charge in [-0.3, -0.25) is 0 Å². The molecule has 1 saturated heterocycles. The average molecular weight is 246 g/mol. The van der Waals surface area contributed by atoms with Gasteiger partial charge in [0.1, 0.15) is 0 Å². The second-order valence-corrected chi connectivity index (χ2v) is 5.30. The van der Waals surface area contributed by atoms with E-state index in [1.165, 1.54) is 5.56 Å². The van der Waals surface area contributed by atoms with Gasteiger partial charge in [0.15, 0.2) is 0 Å². The summed E-state index contributed by atoms with van der Waals surface area (Å²) >= 11 is 0. The first kappa shape index (κ1) is 13.3. The van der Waals surface area contributed by atoms with Crippen LogP contribution in [0.25, 0.3) is 0 Å². The molecule has 0 unspecified atom stereocenters. The third kappa shape index (κ3) is 3.21. The van der Waals surface area contributed by atoms with Crippen molar-refractivity contribution >= 4 is 0 Å². The highest BCUT2D eigenvalue weighted by atomic mass is 16.5. The minimum atomic E-state index is -0.126. The SMILES string of the molecule is C=C[C@@H]1CCC[C@](CO)(Cc2ccccc2)CO1. The van der Waals surface area contributed by atoms with Crippen molar-refractivity contribution < 1.29 is 9.84 Å². The van der Waals surface area contributed by atoms with Crippen molar-refractivity contribution in [1.29, 1.82) is 0 Å². The summed E-state index contributed by atoms with van der Waals surface area (Å²) in [5.74, 6) is 0. The van der Waals surface area contributed by atoms with E-state index in [1.807, 2.05) is 24.3 Å².